The molecule has 4 rings (SSSR count). The fourth-order valence-corrected chi connectivity index (χ4v) is 3.61. The van der Waals surface area contributed by atoms with E-state index in [9.17, 15) is 14.4 Å². The SMILES string of the molecule is CCOc1ccc(NC(=O)CN2C(=O)COc3ccc(C(=O)n4nc(C)cc4C)cc32)cc1. The molecule has 2 heterocycles. The third-order valence-corrected chi connectivity index (χ3v) is 5.10. The third kappa shape index (κ3) is 4.72. The molecular weight excluding hydrogens is 424 g/mol. The Morgan fingerprint density at radius 3 is 2.55 bits per heavy atom. The first-order valence-corrected chi connectivity index (χ1v) is 10.5. The van der Waals surface area contributed by atoms with E-state index in [4.69, 9.17) is 9.47 Å². The fraction of sp³-hybridized carbons (Fsp3) is 0.250. The zero-order chi connectivity index (χ0) is 23.5. The van der Waals surface area contributed by atoms with Crippen molar-refractivity contribution < 1.29 is 23.9 Å². The number of hydrogen-bond donors (Lipinski definition) is 1. The van der Waals surface area contributed by atoms with Crippen LogP contribution in [0.25, 0.3) is 0 Å². The summed E-state index contributed by atoms with van der Waals surface area (Å²) in [6, 6.07) is 13.6. The van der Waals surface area contributed by atoms with Gasteiger partial charge in [-0.2, -0.15) is 5.10 Å². The van der Waals surface area contributed by atoms with Crippen LogP contribution in [0.1, 0.15) is 28.7 Å². The Labute approximate surface area is 190 Å². The van der Waals surface area contributed by atoms with Crippen LogP contribution < -0.4 is 19.7 Å². The summed E-state index contributed by atoms with van der Waals surface area (Å²) in [7, 11) is 0. The Balaban J connectivity index is 1.54. The van der Waals surface area contributed by atoms with Crippen LogP contribution in [0.2, 0.25) is 0 Å². The van der Waals surface area contributed by atoms with Crippen molar-refractivity contribution in [3.8, 4) is 11.5 Å². The van der Waals surface area contributed by atoms with Crippen molar-refractivity contribution in [1.82, 2.24) is 9.78 Å². The molecule has 9 heteroatoms. The number of carbonyl (C=O) groups is 3. The van der Waals surface area contributed by atoms with Crippen molar-refractivity contribution in [2.24, 2.45) is 0 Å². The topological polar surface area (TPSA) is 103 Å². The van der Waals surface area contributed by atoms with Gasteiger partial charge in [0.05, 0.1) is 18.0 Å². The summed E-state index contributed by atoms with van der Waals surface area (Å²) in [6.45, 7) is 5.63. The second-order valence-corrected chi connectivity index (χ2v) is 7.60. The Kier molecular flexibility index (Phi) is 6.12. The van der Waals surface area contributed by atoms with Crippen LogP contribution in [0.3, 0.4) is 0 Å². The summed E-state index contributed by atoms with van der Waals surface area (Å²) >= 11 is 0. The van der Waals surface area contributed by atoms with E-state index in [0.29, 0.717) is 40.7 Å². The van der Waals surface area contributed by atoms with Gasteiger partial charge in [-0.15, -0.1) is 0 Å². The van der Waals surface area contributed by atoms with Crippen molar-refractivity contribution in [2.75, 3.05) is 30.0 Å². The van der Waals surface area contributed by atoms with Gasteiger partial charge in [0, 0.05) is 16.9 Å². The zero-order valence-electron chi connectivity index (χ0n) is 18.6. The van der Waals surface area contributed by atoms with Gasteiger partial charge in [-0.25, -0.2) is 4.68 Å². The smallest absolute Gasteiger partial charge is 0.278 e. The molecule has 3 aromatic rings. The normalized spacial score (nSPS) is 12.7. The van der Waals surface area contributed by atoms with Crippen molar-refractivity contribution in [2.45, 2.75) is 20.8 Å². The summed E-state index contributed by atoms with van der Waals surface area (Å²) in [5, 5.41) is 7.00. The molecule has 170 valence electrons. The lowest BCUT2D eigenvalue weighted by Crippen LogP contribution is -2.43. The molecule has 0 saturated heterocycles. The van der Waals surface area contributed by atoms with E-state index in [0.717, 1.165) is 5.69 Å². The molecule has 1 aliphatic heterocycles. The minimum Gasteiger partial charge on any atom is -0.494 e. The number of ether oxygens (including phenoxy) is 2. The zero-order valence-corrected chi connectivity index (χ0v) is 18.6. The molecule has 0 atom stereocenters. The fourth-order valence-electron chi connectivity index (χ4n) is 3.61. The third-order valence-electron chi connectivity index (χ3n) is 5.10. The average molecular weight is 448 g/mol. The first-order valence-electron chi connectivity index (χ1n) is 10.5. The molecule has 2 amide bonds. The standard InChI is InChI=1S/C24H24N4O5/c1-4-32-19-8-6-18(7-9-19)25-22(29)13-27-20-12-17(5-10-21(20)33-14-23(27)30)24(31)28-16(3)11-15(2)26-28/h5-12H,4,13-14H2,1-3H3,(H,25,29). The number of nitrogens with one attached hydrogen (secondary N) is 1. The maximum Gasteiger partial charge on any atom is 0.278 e. The van der Waals surface area contributed by atoms with E-state index >= 15 is 0 Å². The Bertz CT molecular complexity index is 1220. The van der Waals surface area contributed by atoms with Gasteiger partial charge < -0.3 is 14.8 Å². The highest BCUT2D eigenvalue weighted by Gasteiger charge is 2.29. The minimum atomic E-state index is -0.379. The molecule has 9 nitrogen and oxygen atoms in total. The molecular formula is C24H24N4O5. The lowest BCUT2D eigenvalue weighted by atomic mass is 10.1. The van der Waals surface area contributed by atoms with E-state index in [1.807, 2.05) is 6.92 Å². The molecule has 1 aromatic heterocycles. The summed E-state index contributed by atoms with van der Waals surface area (Å²) in [4.78, 5) is 39.5. The van der Waals surface area contributed by atoms with Gasteiger partial charge in [0.2, 0.25) is 5.91 Å². The molecule has 0 saturated carbocycles. The first-order chi connectivity index (χ1) is 15.9. The number of fused-ring (bicyclic) bond motifs is 1. The number of rotatable bonds is 6. The minimum absolute atomic E-state index is 0.186. The number of carbonyl (C=O) groups excluding carboxylic acids is 3. The van der Waals surface area contributed by atoms with Gasteiger partial charge in [0.15, 0.2) is 6.61 Å². The Hall–Kier alpha value is -4.14. The molecule has 1 aliphatic rings. The van der Waals surface area contributed by atoms with E-state index in [1.165, 1.54) is 9.58 Å². The van der Waals surface area contributed by atoms with Gasteiger partial charge in [-0.05, 0) is 69.3 Å². The van der Waals surface area contributed by atoms with Crippen LogP contribution in [-0.4, -0.2) is 47.3 Å². The average Bonchev–Trinajstić information content (AvgIpc) is 3.14. The summed E-state index contributed by atoms with van der Waals surface area (Å²) in [6.07, 6.45) is 0. The first kappa shape index (κ1) is 22.1. The Morgan fingerprint density at radius 2 is 1.88 bits per heavy atom. The van der Waals surface area contributed by atoms with Gasteiger partial charge >= 0.3 is 0 Å². The number of anilines is 2. The number of amides is 2. The van der Waals surface area contributed by atoms with Gasteiger partial charge in [-0.3, -0.25) is 19.3 Å². The number of hydrogen-bond acceptors (Lipinski definition) is 6. The van der Waals surface area contributed by atoms with Crippen LogP contribution in [0, 0.1) is 13.8 Å². The largest absolute Gasteiger partial charge is 0.494 e. The van der Waals surface area contributed by atoms with Crippen molar-refractivity contribution in [1.29, 1.82) is 0 Å². The second kappa shape index (κ2) is 9.15. The highest BCUT2D eigenvalue weighted by molar-refractivity contribution is 6.06. The predicted octanol–water partition coefficient (Wildman–Crippen LogP) is 2.95. The number of aryl methyl sites for hydroxylation is 2. The molecule has 0 aliphatic carbocycles. The van der Waals surface area contributed by atoms with Crippen LogP contribution >= 0.6 is 0 Å². The molecule has 0 spiro atoms. The Morgan fingerprint density at radius 1 is 1.12 bits per heavy atom. The van der Waals surface area contributed by atoms with Crippen molar-refractivity contribution in [3.63, 3.8) is 0 Å². The maximum absolute atomic E-state index is 13.0. The van der Waals surface area contributed by atoms with Gasteiger partial charge in [0.1, 0.15) is 18.0 Å². The summed E-state index contributed by atoms with van der Waals surface area (Å²) in [5.74, 6) is 0.0388. The van der Waals surface area contributed by atoms with Crippen LogP contribution in [-0.2, 0) is 9.59 Å². The molecule has 0 fully saturated rings. The van der Waals surface area contributed by atoms with E-state index in [-0.39, 0.29) is 30.9 Å². The van der Waals surface area contributed by atoms with Crippen molar-refractivity contribution in [3.05, 3.63) is 65.5 Å². The summed E-state index contributed by atoms with van der Waals surface area (Å²) < 4.78 is 12.2. The number of nitrogens with zero attached hydrogens (tertiary/aromatic N) is 3. The van der Waals surface area contributed by atoms with Crippen LogP contribution in [0.4, 0.5) is 11.4 Å². The van der Waals surface area contributed by atoms with Crippen molar-refractivity contribution >= 4 is 29.1 Å². The quantitative estimate of drug-likeness (QED) is 0.622. The molecule has 0 bridgehead atoms. The van der Waals surface area contributed by atoms with Crippen LogP contribution in [0.5, 0.6) is 11.5 Å². The maximum atomic E-state index is 13.0. The van der Waals surface area contributed by atoms with Gasteiger partial charge in [-0.1, -0.05) is 0 Å². The molecule has 0 unspecified atom stereocenters. The van der Waals surface area contributed by atoms with E-state index in [1.54, 1.807) is 62.4 Å². The lowest BCUT2D eigenvalue weighted by Gasteiger charge is -2.29. The number of benzene rings is 2. The monoisotopic (exact) mass is 448 g/mol. The molecule has 2 aromatic carbocycles. The highest BCUT2D eigenvalue weighted by atomic mass is 16.5. The molecule has 0 radical (unpaired) electrons. The lowest BCUT2D eigenvalue weighted by molar-refractivity contribution is -0.123. The number of aromatic nitrogens is 2. The predicted molar refractivity (Wildman–Crippen MR) is 122 cm³/mol. The summed E-state index contributed by atoms with van der Waals surface area (Å²) in [5.41, 5.74) is 2.70. The van der Waals surface area contributed by atoms with Crippen LogP contribution in [0.15, 0.2) is 48.5 Å². The van der Waals surface area contributed by atoms with E-state index < -0.39 is 0 Å². The highest BCUT2D eigenvalue weighted by Crippen LogP contribution is 2.33. The molecule has 1 N–H and O–H groups in total. The molecule has 33 heavy (non-hydrogen) atoms. The van der Waals surface area contributed by atoms with E-state index in [2.05, 4.69) is 10.4 Å². The second-order valence-electron chi connectivity index (χ2n) is 7.60. The van der Waals surface area contributed by atoms with Gasteiger partial charge in [0.25, 0.3) is 11.8 Å².